The Morgan fingerprint density at radius 2 is 1.71 bits per heavy atom. The SMILES string of the molecule is COc1ccc(NC(=O)C(=O)N/N=C/c2cc(Br)c(OCc3ccc(Cl)cc3)c(OC)c2)cc1. The summed E-state index contributed by atoms with van der Waals surface area (Å²) in [4.78, 5) is 24.1. The minimum Gasteiger partial charge on any atom is -0.497 e. The molecule has 2 amide bonds. The summed E-state index contributed by atoms with van der Waals surface area (Å²) in [5.41, 5.74) is 4.20. The first-order valence-corrected chi connectivity index (χ1v) is 11.1. The number of amides is 2. The van der Waals surface area contributed by atoms with Gasteiger partial charge in [0.2, 0.25) is 0 Å². The fraction of sp³-hybridized carbons (Fsp3) is 0.125. The lowest BCUT2D eigenvalue weighted by Crippen LogP contribution is -2.32. The third-order valence-corrected chi connectivity index (χ3v) is 5.32. The summed E-state index contributed by atoms with van der Waals surface area (Å²) >= 11 is 9.38. The lowest BCUT2D eigenvalue weighted by molar-refractivity contribution is -0.136. The van der Waals surface area contributed by atoms with Crippen LogP contribution in [0, 0.1) is 0 Å². The summed E-state index contributed by atoms with van der Waals surface area (Å²) in [6.07, 6.45) is 1.38. The Morgan fingerprint density at radius 3 is 2.35 bits per heavy atom. The molecule has 0 fully saturated rings. The number of nitrogens with zero attached hydrogens (tertiary/aromatic N) is 1. The number of nitrogens with one attached hydrogen (secondary N) is 2. The van der Waals surface area contributed by atoms with Gasteiger partial charge in [0, 0.05) is 10.7 Å². The molecule has 3 aromatic carbocycles. The fourth-order valence-electron chi connectivity index (χ4n) is 2.77. The molecule has 0 aromatic heterocycles. The number of hydrogen-bond acceptors (Lipinski definition) is 6. The molecule has 3 aromatic rings. The average Bonchev–Trinajstić information content (AvgIpc) is 2.84. The van der Waals surface area contributed by atoms with Gasteiger partial charge in [0.1, 0.15) is 12.4 Å². The lowest BCUT2D eigenvalue weighted by atomic mass is 10.2. The maximum Gasteiger partial charge on any atom is 0.329 e. The molecule has 0 saturated heterocycles. The topological polar surface area (TPSA) is 98.2 Å². The highest BCUT2D eigenvalue weighted by Crippen LogP contribution is 2.37. The van der Waals surface area contributed by atoms with Crippen molar-refractivity contribution in [1.29, 1.82) is 0 Å². The highest BCUT2D eigenvalue weighted by molar-refractivity contribution is 9.10. The van der Waals surface area contributed by atoms with Gasteiger partial charge in [-0.3, -0.25) is 9.59 Å². The minimum absolute atomic E-state index is 0.318. The monoisotopic (exact) mass is 545 g/mol. The summed E-state index contributed by atoms with van der Waals surface area (Å²) in [7, 11) is 3.05. The second-order valence-corrected chi connectivity index (χ2v) is 8.12. The molecule has 3 rings (SSSR count). The molecule has 0 saturated carbocycles. The minimum atomic E-state index is -0.916. The van der Waals surface area contributed by atoms with Gasteiger partial charge in [0.05, 0.1) is 24.9 Å². The van der Waals surface area contributed by atoms with E-state index in [0.717, 1.165) is 5.56 Å². The van der Waals surface area contributed by atoms with E-state index in [-0.39, 0.29) is 0 Å². The Morgan fingerprint density at radius 1 is 1.00 bits per heavy atom. The molecule has 0 aliphatic rings. The molecule has 34 heavy (non-hydrogen) atoms. The Balaban J connectivity index is 1.60. The first kappa shape index (κ1) is 25.1. The number of anilines is 1. The molecular weight excluding hydrogens is 526 g/mol. The number of carbonyl (C=O) groups is 2. The summed E-state index contributed by atoms with van der Waals surface area (Å²) in [6.45, 7) is 0.318. The maximum absolute atomic E-state index is 12.0. The van der Waals surface area contributed by atoms with Crippen LogP contribution in [0.25, 0.3) is 0 Å². The molecular formula is C24H21BrClN3O5. The van der Waals surface area contributed by atoms with Crippen molar-refractivity contribution in [3.63, 3.8) is 0 Å². The predicted molar refractivity (Wildman–Crippen MR) is 134 cm³/mol. The van der Waals surface area contributed by atoms with Gasteiger partial charge in [-0.1, -0.05) is 23.7 Å². The zero-order valence-electron chi connectivity index (χ0n) is 18.3. The van der Waals surface area contributed by atoms with Gasteiger partial charge in [-0.25, -0.2) is 5.43 Å². The zero-order valence-corrected chi connectivity index (χ0v) is 20.6. The maximum atomic E-state index is 12.0. The summed E-state index contributed by atoms with van der Waals surface area (Å²) in [6, 6.07) is 17.3. The largest absolute Gasteiger partial charge is 0.497 e. The Bertz CT molecular complexity index is 1180. The van der Waals surface area contributed by atoms with E-state index in [0.29, 0.717) is 44.6 Å². The van der Waals surface area contributed by atoms with Crippen molar-refractivity contribution in [3.05, 3.63) is 81.3 Å². The van der Waals surface area contributed by atoms with E-state index in [9.17, 15) is 9.59 Å². The van der Waals surface area contributed by atoms with Gasteiger partial charge < -0.3 is 19.5 Å². The average molecular weight is 547 g/mol. The number of hydrogen-bond donors (Lipinski definition) is 2. The first-order chi connectivity index (χ1) is 16.4. The van der Waals surface area contributed by atoms with Crippen LogP contribution in [0.5, 0.6) is 17.2 Å². The molecule has 0 heterocycles. The van der Waals surface area contributed by atoms with Crippen LogP contribution in [0.2, 0.25) is 5.02 Å². The van der Waals surface area contributed by atoms with Gasteiger partial charge in [0.25, 0.3) is 0 Å². The Kier molecular flexibility index (Phi) is 8.89. The number of benzene rings is 3. The molecule has 0 unspecified atom stereocenters. The molecule has 0 atom stereocenters. The molecule has 0 bridgehead atoms. The van der Waals surface area contributed by atoms with Crippen molar-refractivity contribution in [3.8, 4) is 17.2 Å². The Hall–Kier alpha value is -3.56. The van der Waals surface area contributed by atoms with E-state index < -0.39 is 11.8 Å². The van der Waals surface area contributed by atoms with Crippen molar-refractivity contribution in [2.75, 3.05) is 19.5 Å². The van der Waals surface area contributed by atoms with Crippen molar-refractivity contribution < 1.29 is 23.8 Å². The van der Waals surface area contributed by atoms with Crippen LogP contribution in [-0.4, -0.2) is 32.2 Å². The van der Waals surface area contributed by atoms with Crippen LogP contribution in [-0.2, 0) is 16.2 Å². The summed E-state index contributed by atoms with van der Waals surface area (Å²) in [5.74, 6) is -0.158. The van der Waals surface area contributed by atoms with Gasteiger partial charge in [-0.15, -0.1) is 0 Å². The van der Waals surface area contributed by atoms with E-state index in [1.54, 1.807) is 48.5 Å². The molecule has 10 heteroatoms. The van der Waals surface area contributed by atoms with Crippen LogP contribution < -0.4 is 25.0 Å². The van der Waals surface area contributed by atoms with E-state index in [2.05, 4.69) is 31.8 Å². The van der Waals surface area contributed by atoms with Crippen LogP contribution in [0.4, 0.5) is 5.69 Å². The predicted octanol–water partition coefficient (Wildman–Crippen LogP) is 4.79. The number of methoxy groups -OCH3 is 2. The highest BCUT2D eigenvalue weighted by atomic mass is 79.9. The molecule has 176 valence electrons. The molecule has 2 N–H and O–H groups in total. The van der Waals surface area contributed by atoms with E-state index in [1.165, 1.54) is 20.4 Å². The van der Waals surface area contributed by atoms with E-state index >= 15 is 0 Å². The number of halogens is 2. The molecule has 0 spiro atoms. The quantitative estimate of drug-likeness (QED) is 0.241. The van der Waals surface area contributed by atoms with Gasteiger partial charge in [0.15, 0.2) is 11.5 Å². The van der Waals surface area contributed by atoms with Crippen LogP contribution in [0.1, 0.15) is 11.1 Å². The third kappa shape index (κ3) is 6.97. The highest BCUT2D eigenvalue weighted by Gasteiger charge is 2.14. The van der Waals surface area contributed by atoms with Crippen LogP contribution in [0.15, 0.2) is 70.2 Å². The van der Waals surface area contributed by atoms with Crippen molar-refractivity contribution >= 4 is 51.2 Å². The lowest BCUT2D eigenvalue weighted by Gasteiger charge is -2.13. The van der Waals surface area contributed by atoms with Crippen LogP contribution in [0.3, 0.4) is 0 Å². The number of rotatable bonds is 8. The van der Waals surface area contributed by atoms with Gasteiger partial charge >= 0.3 is 11.8 Å². The summed E-state index contributed by atoms with van der Waals surface area (Å²) in [5, 5.41) is 6.97. The Labute approximate surface area is 210 Å². The van der Waals surface area contributed by atoms with Gasteiger partial charge in [-0.05, 0) is 75.6 Å². The van der Waals surface area contributed by atoms with Crippen molar-refractivity contribution in [2.45, 2.75) is 6.61 Å². The molecule has 8 nitrogen and oxygen atoms in total. The molecule has 0 aliphatic carbocycles. The smallest absolute Gasteiger partial charge is 0.329 e. The zero-order chi connectivity index (χ0) is 24.5. The molecule has 0 radical (unpaired) electrons. The number of carbonyl (C=O) groups excluding carboxylic acids is 2. The second-order valence-electron chi connectivity index (χ2n) is 6.83. The van der Waals surface area contributed by atoms with E-state index in [4.69, 9.17) is 25.8 Å². The normalized spacial score (nSPS) is 10.6. The second kappa shape index (κ2) is 12.1. The first-order valence-electron chi connectivity index (χ1n) is 9.93. The van der Waals surface area contributed by atoms with Crippen LogP contribution >= 0.6 is 27.5 Å². The standard InChI is InChI=1S/C24H21BrClN3O5/c1-32-19-9-7-18(8-10-19)28-23(30)24(31)29-27-13-16-11-20(25)22(21(12-16)33-2)34-14-15-3-5-17(26)6-4-15/h3-13H,14H2,1-2H3,(H,28,30)(H,29,31)/b27-13+. The number of hydrazone groups is 1. The number of ether oxygens (including phenoxy) is 3. The summed E-state index contributed by atoms with van der Waals surface area (Å²) < 4.78 is 17.0. The van der Waals surface area contributed by atoms with Crippen molar-refractivity contribution in [1.82, 2.24) is 5.43 Å². The van der Waals surface area contributed by atoms with E-state index in [1.807, 2.05) is 12.1 Å². The van der Waals surface area contributed by atoms with Crippen molar-refractivity contribution in [2.24, 2.45) is 5.10 Å². The van der Waals surface area contributed by atoms with Gasteiger partial charge in [-0.2, -0.15) is 5.10 Å². The molecule has 0 aliphatic heterocycles. The fourth-order valence-corrected chi connectivity index (χ4v) is 3.47. The third-order valence-electron chi connectivity index (χ3n) is 4.48.